The molecule has 0 saturated carbocycles. The van der Waals surface area contributed by atoms with Crippen molar-refractivity contribution in [3.8, 4) is 11.8 Å². The molecule has 0 aromatic carbocycles. The SMILES string of the molecule is CCOC(C#CC1=CCCC1)OCC. The van der Waals surface area contributed by atoms with Crippen LogP contribution in [-0.2, 0) is 9.47 Å². The monoisotopic (exact) mass is 194 g/mol. The normalized spacial score (nSPS) is 15.2. The van der Waals surface area contributed by atoms with Crippen LogP contribution in [0.5, 0.6) is 0 Å². The highest BCUT2D eigenvalue weighted by Gasteiger charge is 2.04. The highest BCUT2D eigenvalue weighted by molar-refractivity contribution is 5.31. The van der Waals surface area contributed by atoms with E-state index in [9.17, 15) is 0 Å². The van der Waals surface area contributed by atoms with E-state index in [-0.39, 0.29) is 6.29 Å². The minimum absolute atomic E-state index is 0.355. The van der Waals surface area contributed by atoms with Crippen LogP contribution in [0.3, 0.4) is 0 Å². The molecule has 14 heavy (non-hydrogen) atoms. The van der Waals surface area contributed by atoms with E-state index in [0.29, 0.717) is 13.2 Å². The summed E-state index contributed by atoms with van der Waals surface area (Å²) in [5.41, 5.74) is 1.23. The van der Waals surface area contributed by atoms with Crippen LogP contribution in [0.4, 0.5) is 0 Å². The molecule has 1 rings (SSSR count). The van der Waals surface area contributed by atoms with Crippen LogP contribution in [0, 0.1) is 11.8 Å². The summed E-state index contributed by atoms with van der Waals surface area (Å²) in [6.07, 6.45) is 5.35. The lowest BCUT2D eigenvalue weighted by molar-refractivity contribution is -0.0970. The maximum atomic E-state index is 5.32. The van der Waals surface area contributed by atoms with Gasteiger partial charge < -0.3 is 9.47 Å². The van der Waals surface area contributed by atoms with E-state index in [4.69, 9.17) is 9.47 Å². The van der Waals surface area contributed by atoms with Crippen LogP contribution in [0.2, 0.25) is 0 Å². The zero-order valence-electron chi connectivity index (χ0n) is 9.01. The standard InChI is InChI=1S/C12H18O2/c1-3-13-12(14-4-2)10-9-11-7-5-6-8-11/h7,12H,3-6,8H2,1-2H3. The average Bonchev–Trinajstić information content (AvgIpc) is 2.67. The topological polar surface area (TPSA) is 18.5 Å². The first-order valence-electron chi connectivity index (χ1n) is 5.30. The Kier molecular flexibility index (Phi) is 5.36. The van der Waals surface area contributed by atoms with E-state index < -0.39 is 0 Å². The second-order valence-corrected chi connectivity index (χ2v) is 3.13. The Morgan fingerprint density at radius 1 is 1.36 bits per heavy atom. The third-order valence-corrected chi connectivity index (χ3v) is 2.03. The lowest BCUT2D eigenvalue weighted by Gasteiger charge is -2.09. The summed E-state index contributed by atoms with van der Waals surface area (Å²) in [5.74, 6) is 6.11. The number of allylic oxidation sites excluding steroid dienone is 2. The zero-order valence-corrected chi connectivity index (χ0v) is 9.01. The maximum Gasteiger partial charge on any atom is 0.222 e. The van der Waals surface area contributed by atoms with E-state index in [0.717, 1.165) is 12.8 Å². The van der Waals surface area contributed by atoms with Gasteiger partial charge in [-0.15, -0.1) is 0 Å². The van der Waals surface area contributed by atoms with Crippen LogP contribution < -0.4 is 0 Å². The van der Waals surface area contributed by atoms with Crippen molar-refractivity contribution in [1.82, 2.24) is 0 Å². The van der Waals surface area contributed by atoms with Gasteiger partial charge in [0.15, 0.2) is 0 Å². The summed E-state index contributed by atoms with van der Waals surface area (Å²) in [6, 6.07) is 0. The molecule has 0 unspecified atom stereocenters. The van der Waals surface area contributed by atoms with Gasteiger partial charge in [0.1, 0.15) is 0 Å². The Bertz CT molecular complexity index is 239. The molecule has 0 amide bonds. The van der Waals surface area contributed by atoms with Crippen molar-refractivity contribution in [2.75, 3.05) is 13.2 Å². The molecule has 2 heteroatoms. The van der Waals surface area contributed by atoms with E-state index in [1.807, 2.05) is 13.8 Å². The molecule has 2 nitrogen and oxygen atoms in total. The van der Waals surface area contributed by atoms with Gasteiger partial charge in [0.25, 0.3) is 0 Å². The van der Waals surface area contributed by atoms with Crippen LogP contribution in [-0.4, -0.2) is 19.5 Å². The molecule has 0 spiro atoms. The molecule has 0 fully saturated rings. The molecule has 0 bridgehead atoms. The van der Waals surface area contributed by atoms with Gasteiger partial charge in [0.05, 0.1) is 0 Å². The maximum absolute atomic E-state index is 5.32. The van der Waals surface area contributed by atoms with Gasteiger partial charge in [-0.25, -0.2) is 0 Å². The zero-order chi connectivity index (χ0) is 10.2. The van der Waals surface area contributed by atoms with Gasteiger partial charge in [0.2, 0.25) is 6.29 Å². The Morgan fingerprint density at radius 3 is 2.57 bits per heavy atom. The molecular weight excluding hydrogens is 176 g/mol. The van der Waals surface area contributed by atoms with Gasteiger partial charge in [0, 0.05) is 13.2 Å². The first kappa shape index (κ1) is 11.3. The minimum atomic E-state index is -0.355. The van der Waals surface area contributed by atoms with Gasteiger partial charge in [-0.2, -0.15) is 0 Å². The molecule has 0 aliphatic heterocycles. The lowest BCUT2D eigenvalue weighted by atomic mass is 10.2. The number of hydrogen-bond acceptors (Lipinski definition) is 2. The molecule has 0 aromatic heterocycles. The largest absolute Gasteiger partial charge is 0.342 e. The molecule has 1 aliphatic rings. The molecule has 1 aliphatic carbocycles. The molecule has 0 saturated heterocycles. The molecule has 0 heterocycles. The predicted octanol–water partition coefficient (Wildman–Crippen LogP) is 2.50. The van der Waals surface area contributed by atoms with E-state index in [2.05, 4.69) is 17.9 Å². The predicted molar refractivity (Wildman–Crippen MR) is 56.8 cm³/mol. The third kappa shape index (κ3) is 3.95. The van der Waals surface area contributed by atoms with Gasteiger partial charge in [-0.3, -0.25) is 0 Å². The third-order valence-electron chi connectivity index (χ3n) is 2.03. The molecule has 0 atom stereocenters. The number of hydrogen-bond donors (Lipinski definition) is 0. The molecular formula is C12H18O2. The van der Waals surface area contributed by atoms with Crippen molar-refractivity contribution in [2.24, 2.45) is 0 Å². The summed E-state index contributed by atoms with van der Waals surface area (Å²) >= 11 is 0. The Balaban J connectivity index is 2.43. The van der Waals surface area contributed by atoms with E-state index >= 15 is 0 Å². The molecule has 0 N–H and O–H groups in total. The first-order chi connectivity index (χ1) is 6.86. The Morgan fingerprint density at radius 2 is 2.07 bits per heavy atom. The molecule has 0 aromatic rings. The van der Waals surface area contributed by atoms with Crippen LogP contribution in [0.1, 0.15) is 33.1 Å². The smallest absolute Gasteiger partial charge is 0.222 e. The average molecular weight is 194 g/mol. The van der Waals surface area contributed by atoms with Crippen molar-refractivity contribution in [3.63, 3.8) is 0 Å². The van der Waals surface area contributed by atoms with Crippen molar-refractivity contribution in [1.29, 1.82) is 0 Å². The lowest BCUT2D eigenvalue weighted by Crippen LogP contribution is -2.14. The van der Waals surface area contributed by atoms with Gasteiger partial charge in [-0.05, 0) is 44.6 Å². The van der Waals surface area contributed by atoms with Crippen molar-refractivity contribution in [2.45, 2.75) is 39.4 Å². The highest BCUT2D eigenvalue weighted by atomic mass is 16.7. The Labute approximate surface area is 86.3 Å². The minimum Gasteiger partial charge on any atom is -0.342 e. The quantitative estimate of drug-likeness (QED) is 0.505. The molecule has 78 valence electrons. The Hall–Kier alpha value is -0.780. The second kappa shape index (κ2) is 6.64. The summed E-state index contributed by atoms with van der Waals surface area (Å²) in [4.78, 5) is 0. The summed E-state index contributed by atoms with van der Waals surface area (Å²) < 4.78 is 10.6. The second-order valence-electron chi connectivity index (χ2n) is 3.13. The van der Waals surface area contributed by atoms with Crippen molar-refractivity contribution >= 4 is 0 Å². The van der Waals surface area contributed by atoms with Crippen LogP contribution in [0.15, 0.2) is 11.6 Å². The van der Waals surface area contributed by atoms with Gasteiger partial charge in [-0.1, -0.05) is 12.0 Å². The summed E-state index contributed by atoms with van der Waals surface area (Å²) in [6.45, 7) is 5.17. The first-order valence-corrected chi connectivity index (χ1v) is 5.30. The van der Waals surface area contributed by atoms with Crippen molar-refractivity contribution < 1.29 is 9.47 Å². The van der Waals surface area contributed by atoms with Crippen molar-refractivity contribution in [3.05, 3.63) is 11.6 Å². The molecule has 0 radical (unpaired) electrons. The highest BCUT2D eigenvalue weighted by Crippen LogP contribution is 2.16. The van der Waals surface area contributed by atoms with E-state index in [1.54, 1.807) is 0 Å². The fraction of sp³-hybridized carbons (Fsp3) is 0.667. The fourth-order valence-corrected chi connectivity index (χ4v) is 1.37. The van der Waals surface area contributed by atoms with Crippen LogP contribution in [0.25, 0.3) is 0 Å². The summed E-state index contributed by atoms with van der Waals surface area (Å²) in [5, 5.41) is 0. The number of rotatable bonds is 4. The number of ether oxygens (including phenoxy) is 2. The summed E-state index contributed by atoms with van der Waals surface area (Å²) in [7, 11) is 0. The van der Waals surface area contributed by atoms with Crippen LogP contribution >= 0.6 is 0 Å². The van der Waals surface area contributed by atoms with Gasteiger partial charge >= 0.3 is 0 Å². The fourth-order valence-electron chi connectivity index (χ4n) is 1.37. The van der Waals surface area contributed by atoms with E-state index in [1.165, 1.54) is 12.0 Å².